The van der Waals surface area contributed by atoms with E-state index in [2.05, 4.69) is 27.7 Å². The highest BCUT2D eigenvalue weighted by molar-refractivity contribution is 5.07. The second kappa shape index (κ2) is 2.86. The van der Waals surface area contributed by atoms with Crippen molar-refractivity contribution in [1.29, 1.82) is 0 Å². The van der Waals surface area contributed by atoms with Crippen LogP contribution in [0.1, 0.15) is 40.5 Å². The second-order valence-corrected chi connectivity index (χ2v) is 4.08. The van der Waals surface area contributed by atoms with E-state index < -0.39 is 0 Å². The minimum absolute atomic E-state index is 0.812. The van der Waals surface area contributed by atoms with Crippen LogP contribution in [0, 0.1) is 23.7 Å². The molecule has 0 aromatic carbocycles. The molecule has 0 saturated heterocycles. The van der Waals surface area contributed by atoms with Gasteiger partial charge in [-0.1, -0.05) is 0 Å². The van der Waals surface area contributed by atoms with Crippen LogP contribution >= 0.6 is 0 Å². The Balaban J connectivity index is 2.41. The Morgan fingerprint density at radius 3 is 1.50 bits per heavy atom. The van der Waals surface area contributed by atoms with Crippen molar-refractivity contribution < 1.29 is 0 Å². The molecule has 0 unspecified atom stereocenters. The molecule has 0 N–H and O–H groups in total. The van der Waals surface area contributed by atoms with Gasteiger partial charge in [-0.15, -0.1) is 0 Å². The topological polar surface area (TPSA) is 0 Å². The molecule has 1 saturated carbocycles. The summed E-state index contributed by atoms with van der Waals surface area (Å²) in [5.41, 5.74) is 0. The Morgan fingerprint density at radius 1 is 1.00 bits per heavy atom. The fourth-order valence-corrected chi connectivity index (χ4v) is 2.03. The van der Waals surface area contributed by atoms with Crippen molar-refractivity contribution in [3.63, 3.8) is 0 Å². The fourth-order valence-electron chi connectivity index (χ4n) is 2.03. The molecule has 1 fully saturated rings. The summed E-state index contributed by atoms with van der Waals surface area (Å²) in [5, 5.41) is 0. The monoisotopic (exact) mass is 139 g/mol. The van der Waals surface area contributed by atoms with Crippen LogP contribution < -0.4 is 0 Å². The first-order valence-corrected chi connectivity index (χ1v) is 4.49. The normalized spacial score (nSPS) is 18.6. The smallest absolute Gasteiger partial charge is 0.0216 e. The van der Waals surface area contributed by atoms with Crippen LogP contribution in [0.2, 0.25) is 0 Å². The quantitative estimate of drug-likeness (QED) is 0.526. The maximum Gasteiger partial charge on any atom is 0.101 e. The van der Waals surface area contributed by atoms with Gasteiger partial charge in [-0.3, -0.25) is 0 Å². The van der Waals surface area contributed by atoms with Gasteiger partial charge in [0.15, 0.2) is 0 Å². The molecule has 0 spiro atoms. The summed E-state index contributed by atoms with van der Waals surface area (Å²) in [6.07, 6.45) is 2.93. The average Bonchev–Trinajstić information content (AvgIpc) is 2.46. The largest absolute Gasteiger partial charge is 0.101 e. The molecule has 0 amide bonds. The van der Waals surface area contributed by atoms with Gasteiger partial charge in [0.25, 0.3) is 0 Å². The predicted octanol–water partition coefficient (Wildman–Crippen LogP) is 3.28. The predicted molar refractivity (Wildman–Crippen MR) is 45.6 cm³/mol. The highest BCUT2D eigenvalue weighted by Gasteiger charge is 2.45. The molecular weight excluding hydrogens is 120 g/mol. The van der Waals surface area contributed by atoms with Gasteiger partial charge in [0, 0.05) is 0 Å². The lowest BCUT2D eigenvalue weighted by Crippen LogP contribution is -2.14. The van der Waals surface area contributed by atoms with E-state index >= 15 is 0 Å². The van der Waals surface area contributed by atoms with Gasteiger partial charge in [-0.05, 0) is 40.5 Å². The summed E-state index contributed by atoms with van der Waals surface area (Å²) in [4.78, 5) is 0. The highest BCUT2D eigenvalue weighted by Crippen LogP contribution is 2.45. The minimum Gasteiger partial charge on any atom is -0.0216 e. The van der Waals surface area contributed by atoms with Crippen molar-refractivity contribution in [3.8, 4) is 0 Å². The van der Waals surface area contributed by atoms with Crippen molar-refractivity contribution in [2.24, 2.45) is 17.8 Å². The van der Waals surface area contributed by atoms with Gasteiger partial charge in [0.05, 0.1) is 17.8 Å². The summed E-state index contributed by atoms with van der Waals surface area (Å²) in [7, 11) is 0. The number of rotatable bonds is 3. The molecule has 0 aromatic rings. The lowest BCUT2D eigenvalue weighted by atomic mass is 9.82. The van der Waals surface area contributed by atoms with E-state index in [1.807, 2.05) is 0 Å². The van der Waals surface area contributed by atoms with Gasteiger partial charge in [0.1, 0.15) is 5.92 Å². The third-order valence-electron chi connectivity index (χ3n) is 2.38. The van der Waals surface area contributed by atoms with E-state index in [1.165, 1.54) is 12.8 Å². The molecule has 0 heterocycles. The molecule has 1 rings (SSSR count). The van der Waals surface area contributed by atoms with Crippen molar-refractivity contribution in [3.05, 3.63) is 5.92 Å². The maximum atomic E-state index is 2.33. The van der Waals surface area contributed by atoms with Crippen LogP contribution in [0.15, 0.2) is 0 Å². The van der Waals surface area contributed by atoms with E-state index in [1.54, 1.807) is 5.92 Å². The summed E-state index contributed by atoms with van der Waals surface area (Å²) in [6, 6.07) is 0. The zero-order valence-electron chi connectivity index (χ0n) is 7.65. The van der Waals surface area contributed by atoms with Crippen LogP contribution in [0.5, 0.6) is 0 Å². The summed E-state index contributed by atoms with van der Waals surface area (Å²) in [6.45, 7) is 9.31. The van der Waals surface area contributed by atoms with Gasteiger partial charge in [-0.2, -0.15) is 0 Å². The van der Waals surface area contributed by atoms with E-state index in [-0.39, 0.29) is 0 Å². The van der Waals surface area contributed by atoms with Crippen LogP contribution in [0.4, 0.5) is 0 Å². The van der Waals surface area contributed by atoms with Crippen molar-refractivity contribution in [2.75, 3.05) is 0 Å². The molecule has 0 aromatic heterocycles. The Kier molecular flexibility index (Phi) is 2.28. The molecule has 58 valence electrons. The van der Waals surface area contributed by atoms with E-state index in [0.717, 1.165) is 17.8 Å². The molecule has 1 aliphatic rings. The first kappa shape index (κ1) is 7.97. The Bertz CT molecular complexity index is 87.9. The van der Waals surface area contributed by atoms with Gasteiger partial charge < -0.3 is 0 Å². The Hall–Kier alpha value is -0.130. The van der Waals surface area contributed by atoms with Crippen LogP contribution in [-0.2, 0) is 0 Å². The molecule has 0 radical (unpaired) electrons. The van der Waals surface area contributed by atoms with Crippen molar-refractivity contribution in [1.82, 2.24) is 0 Å². The zero-order chi connectivity index (χ0) is 7.72. The van der Waals surface area contributed by atoms with E-state index in [0.29, 0.717) is 0 Å². The standard InChI is InChI=1S/C10H19/c1-7(2)10(8(3)4)9-5-6-9/h7-9H,5-6H2,1-4H3/q+1. The lowest BCUT2D eigenvalue weighted by Gasteiger charge is -2.12. The molecule has 1 aliphatic carbocycles. The van der Waals surface area contributed by atoms with Gasteiger partial charge >= 0.3 is 0 Å². The summed E-state index contributed by atoms with van der Waals surface area (Å²) < 4.78 is 0. The van der Waals surface area contributed by atoms with Crippen LogP contribution in [-0.4, -0.2) is 0 Å². The molecule has 0 atom stereocenters. The zero-order valence-corrected chi connectivity index (χ0v) is 7.65. The summed E-state index contributed by atoms with van der Waals surface area (Å²) in [5.74, 6) is 4.43. The fraction of sp³-hybridized carbons (Fsp3) is 0.900. The molecule has 0 nitrogen and oxygen atoms in total. The first-order valence-electron chi connectivity index (χ1n) is 4.49. The average molecular weight is 139 g/mol. The van der Waals surface area contributed by atoms with Crippen LogP contribution in [0.25, 0.3) is 0 Å². The van der Waals surface area contributed by atoms with Crippen molar-refractivity contribution in [2.45, 2.75) is 40.5 Å². The highest BCUT2D eigenvalue weighted by atomic mass is 14.4. The number of hydrogen-bond donors (Lipinski definition) is 0. The third-order valence-corrected chi connectivity index (χ3v) is 2.38. The lowest BCUT2D eigenvalue weighted by molar-refractivity contribution is 0.464. The molecule has 0 aliphatic heterocycles. The number of hydrogen-bond acceptors (Lipinski definition) is 0. The molecule has 10 heavy (non-hydrogen) atoms. The van der Waals surface area contributed by atoms with Crippen LogP contribution in [0.3, 0.4) is 0 Å². The molecular formula is C10H19+. The van der Waals surface area contributed by atoms with E-state index in [9.17, 15) is 0 Å². The minimum atomic E-state index is 0.812. The second-order valence-electron chi connectivity index (χ2n) is 4.08. The summed E-state index contributed by atoms with van der Waals surface area (Å²) >= 11 is 0. The maximum absolute atomic E-state index is 2.33. The van der Waals surface area contributed by atoms with Gasteiger partial charge in [-0.25, -0.2) is 0 Å². The molecule has 0 bridgehead atoms. The third kappa shape index (κ3) is 1.68. The van der Waals surface area contributed by atoms with Crippen molar-refractivity contribution >= 4 is 0 Å². The van der Waals surface area contributed by atoms with Gasteiger partial charge in [0.2, 0.25) is 0 Å². The Morgan fingerprint density at radius 2 is 1.40 bits per heavy atom. The molecule has 0 heteroatoms. The Labute approximate surface area is 65.0 Å². The first-order chi connectivity index (χ1) is 4.63. The van der Waals surface area contributed by atoms with E-state index in [4.69, 9.17) is 0 Å². The SMILES string of the molecule is CC(C)[C+](C(C)C)C1CC1.